The van der Waals surface area contributed by atoms with E-state index < -0.39 is 5.97 Å². The summed E-state index contributed by atoms with van der Waals surface area (Å²) in [5, 5.41) is 0. The Bertz CT molecular complexity index is 510. The molecule has 0 saturated heterocycles. The van der Waals surface area contributed by atoms with Crippen molar-refractivity contribution in [1.29, 1.82) is 0 Å². The van der Waals surface area contributed by atoms with Gasteiger partial charge in [-0.15, -0.1) is 0 Å². The molecule has 0 amide bonds. The summed E-state index contributed by atoms with van der Waals surface area (Å²) in [6.07, 6.45) is 0.198. The van der Waals surface area contributed by atoms with E-state index in [9.17, 15) is 9.59 Å². The smallest absolute Gasteiger partial charge is 0.345 e. The Kier molecular flexibility index (Phi) is 5.39. The number of ether oxygens (including phenoxy) is 2. The van der Waals surface area contributed by atoms with E-state index in [4.69, 9.17) is 9.47 Å². The lowest BCUT2D eigenvalue weighted by atomic mass is 10.0. The maximum absolute atomic E-state index is 11.6. The SMILES string of the molecule is CCOC(=O)C(=C=O)Cc1c(C)[nH]c(OCC)c1C. The van der Waals surface area contributed by atoms with E-state index in [-0.39, 0.29) is 18.6 Å². The van der Waals surface area contributed by atoms with Crippen molar-refractivity contribution in [3.63, 3.8) is 0 Å². The van der Waals surface area contributed by atoms with Crippen LogP contribution in [0.3, 0.4) is 0 Å². The molecule has 0 aliphatic heterocycles. The number of aromatic nitrogens is 1. The number of carbonyl (C=O) groups excluding carboxylic acids is 2. The topological polar surface area (TPSA) is 68.4 Å². The molecular formula is C14H19NO4. The average Bonchev–Trinajstić information content (AvgIpc) is 2.63. The molecule has 0 atom stereocenters. The molecule has 1 rings (SSSR count). The molecule has 0 bridgehead atoms. The summed E-state index contributed by atoms with van der Waals surface area (Å²) < 4.78 is 10.3. The highest BCUT2D eigenvalue weighted by Crippen LogP contribution is 2.26. The number of hydrogen-bond donors (Lipinski definition) is 1. The summed E-state index contributed by atoms with van der Waals surface area (Å²) in [4.78, 5) is 25.5. The van der Waals surface area contributed by atoms with E-state index in [0.29, 0.717) is 12.5 Å². The van der Waals surface area contributed by atoms with E-state index >= 15 is 0 Å². The Hall–Kier alpha value is -2.00. The lowest BCUT2D eigenvalue weighted by molar-refractivity contribution is -0.138. The quantitative estimate of drug-likeness (QED) is 0.484. The van der Waals surface area contributed by atoms with Crippen LogP contribution in [0.4, 0.5) is 0 Å². The Morgan fingerprint density at radius 3 is 2.47 bits per heavy atom. The zero-order chi connectivity index (χ0) is 14.4. The van der Waals surface area contributed by atoms with Crippen molar-refractivity contribution in [2.45, 2.75) is 34.1 Å². The van der Waals surface area contributed by atoms with Crippen LogP contribution < -0.4 is 4.74 Å². The largest absolute Gasteiger partial charge is 0.479 e. The number of carbonyl (C=O) groups is 1. The van der Waals surface area contributed by atoms with Crippen molar-refractivity contribution >= 4 is 11.9 Å². The third-order valence-corrected chi connectivity index (χ3v) is 2.83. The third kappa shape index (κ3) is 3.48. The first kappa shape index (κ1) is 15.1. The van der Waals surface area contributed by atoms with Gasteiger partial charge in [0, 0.05) is 17.7 Å². The number of aromatic amines is 1. The fourth-order valence-corrected chi connectivity index (χ4v) is 1.86. The summed E-state index contributed by atoms with van der Waals surface area (Å²) in [7, 11) is 0. The van der Waals surface area contributed by atoms with Crippen LogP contribution in [-0.4, -0.2) is 30.1 Å². The number of H-pyrrole nitrogens is 1. The van der Waals surface area contributed by atoms with Crippen molar-refractivity contribution in [1.82, 2.24) is 4.98 Å². The van der Waals surface area contributed by atoms with E-state index in [1.54, 1.807) is 12.9 Å². The first-order valence-electron chi connectivity index (χ1n) is 6.27. The monoisotopic (exact) mass is 265 g/mol. The molecule has 5 heteroatoms. The first-order valence-corrected chi connectivity index (χ1v) is 6.27. The maximum Gasteiger partial charge on any atom is 0.345 e. The number of esters is 1. The summed E-state index contributed by atoms with van der Waals surface area (Å²) in [5.41, 5.74) is 2.64. The Morgan fingerprint density at radius 2 is 1.95 bits per heavy atom. The highest BCUT2D eigenvalue weighted by Gasteiger charge is 2.19. The molecule has 0 aliphatic carbocycles. The minimum Gasteiger partial charge on any atom is -0.479 e. The predicted octanol–water partition coefficient (Wildman–Crippen LogP) is 1.89. The second-order valence-electron chi connectivity index (χ2n) is 4.09. The Morgan fingerprint density at radius 1 is 1.26 bits per heavy atom. The predicted molar refractivity (Wildman–Crippen MR) is 71.0 cm³/mol. The maximum atomic E-state index is 11.6. The lowest BCUT2D eigenvalue weighted by Crippen LogP contribution is -2.11. The van der Waals surface area contributed by atoms with Crippen LogP contribution in [0.25, 0.3) is 0 Å². The molecule has 104 valence electrons. The molecule has 1 aromatic heterocycles. The summed E-state index contributed by atoms with van der Waals surface area (Å²) in [6, 6.07) is 0. The summed E-state index contributed by atoms with van der Waals surface area (Å²) in [6.45, 7) is 8.13. The molecule has 1 aromatic rings. The molecule has 5 nitrogen and oxygen atoms in total. The van der Waals surface area contributed by atoms with Gasteiger partial charge in [0.1, 0.15) is 11.5 Å². The molecule has 0 unspecified atom stereocenters. The van der Waals surface area contributed by atoms with Gasteiger partial charge in [-0.1, -0.05) is 0 Å². The van der Waals surface area contributed by atoms with E-state index in [1.165, 1.54) is 0 Å². The number of rotatable bonds is 6. The minimum absolute atomic E-state index is 0.00454. The first-order chi connectivity index (χ1) is 9.04. The van der Waals surface area contributed by atoms with Crippen LogP contribution >= 0.6 is 0 Å². The van der Waals surface area contributed by atoms with Crippen LogP contribution in [0, 0.1) is 13.8 Å². The molecule has 0 aromatic carbocycles. The van der Waals surface area contributed by atoms with E-state index in [2.05, 4.69) is 4.98 Å². The fourth-order valence-electron chi connectivity index (χ4n) is 1.86. The molecule has 0 spiro atoms. The summed E-state index contributed by atoms with van der Waals surface area (Å²) >= 11 is 0. The second kappa shape index (κ2) is 6.81. The van der Waals surface area contributed by atoms with Crippen molar-refractivity contribution in [3.8, 4) is 5.88 Å². The van der Waals surface area contributed by atoms with Gasteiger partial charge in [-0.3, -0.25) is 0 Å². The van der Waals surface area contributed by atoms with Crippen molar-refractivity contribution < 1.29 is 19.1 Å². The Labute approximate surface area is 112 Å². The number of nitrogens with one attached hydrogen (secondary N) is 1. The van der Waals surface area contributed by atoms with Gasteiger partial charge in [-0.05, 0) is 33.3 Å². The average molecular weight is 265 g/mol. The molecule has 1 N–H and O–H groups in total. The lowest BCUT2D eigenvalue weighted by Gasteiger charge is -2.05. The normalized spacial score (nSPS) is 9.89. The third-order valence-electron chi connectivity index (χ3n) is 2.83. The number of aryl methyl sites for hydroxylation is 1. The molecule has 19 heavy (non-hydrogen) atoms. The molecule has 0 fully saturated rings. The van der Waals surface area contributed by atoms with Crippen molar-refractivity contribution in [2.75, 3.05) is 13.2 Å². The van der Waals surface area contributed by atoms with Crippen LogP contribution in [-0.2, 0) is 20.7 Å². The highest BCUT2D eigenvalue weighted by molar-refractivity contribution is 5.97. The molecular weight excluding hydrogens is 246 g/mol. The van der Waals surface area contributed by atoms with E-state index in [0.717, 1.165) is 16.8 Å². The van der Waals surface area contributed by atoms with Gasteiger partial charge in [0.15, 0.2) is 5.88 Å². The molecule has 0 saturated carbocycles. The fraction of sp³-hybridized carbons (Fsp3) is 0.500. The van der Waals surface area contributed by atoms with Crippen LogP contribution in [0.15, 0.2) is 5.57 Å². The zero-order valence-corrected chi connectivity index (χ0v) is 11.8. The summed E-state index contributed by atoms with van der Waals surface area (Å²) in [5.74, 6) is 1.72. The van der Waals surface area contributed by atoms with E-state index in [1.807, 2.05) is 20.8 Å². The van der Waals surface area contributed by atoms with Gasteiger partial charge in [0.2, 0.25) is 0 Å². The van der Waals surface area contributed by atoms with Crippen LogP contribution in [0.5, 0.6) is 5.88 Å². The molecule has 0 radical (unpaired) electrons. The van der Waals surface area contributed by atoms with Crippen molar-refractivity contribution in [2.24, 2.45) is 0 Å². The molecule has 1 heterocycles. The van der Waals surface area contributed by atoms with Crippen molar-refractivity contribution in [3.05, 3.63) is 22.4 Å². The van der Waals surface area contributed by atoms with Gasteiger partial charge < -0.3 is 14.5 Å². The minimum atomic E-state index is -0.615. The van der Waals surface area contributed by atoms with Gasteiger partial charge in [0.05, 0.1) is 13.2 Å². The highest BCUT2D eigenvalue weighted by atomic mass is 16.5. The van der Waals surface area contributed by atoms with Crippen LogP contribution in [0.2, 0.25) is 0 Å². The second-order valence-corrected chi connectivity index (χ2v) is 4.09. The zero-order valence-electron chi connectivity index (χ0n) is 11.8. The number of hydrogen-bond acceptors (Lipinski definition) is 4. The van der Waals surface area contributed by atoms with Gasteiger partial charge in [0.25, 0.3) is 0 Å². The standard InChI is InChI=1S/C14H19NO4/c1-5-18-13-9(3)12(10(4)15-13)7-11(8-16)14(17)19-6-2/h15H,5-7H2,1-4H3. The van der Waals surface area contributed by atoms with Gasteiger partial charge >= 0.3 is 5.97 Å². The molecule has 0 aliphatic rings. The Balaban J connectivity index is 2.98. The van der Waals surface area contributed by atoms with Gasteiger partial charge in [-0.25, -0.2) is 9.59 Å². The van der Waals surface area contributed by atoms with Crippen LogP contribution in [0.1, 0.15) is 30.7 Å². The van der Waals surface area contributed by atoms with Gasteiger partial charge in [-0.2, -0.15) is 0 Å².